The Morgan fingerprint density at radius 2 is 1.84 bits per heavy atom. The zero-order valence-corrected chi connectivity index (χ0v) is 15.7. The molecule has 1 aliphatic heterocycles. The molecule has 0 spiro atoms. The number of thiol groups is 1. The molecule has 0 unspecified atom stereocenters. The van der Waals surface area contributed by atoms with E-state index in [-0.39, 0.29) is 4.32 Å². The van der Waals surface area contributed by atoms with Gasteiger partial charge in [0.15, 0.2) is 5.75 Å². The van der Waals surface area contributed by atoms with Crippen LogP contribution in [-0.4, -0.2) is 25.8 Å². The first-order chi connectivity index (χ1) is 12.0. The van der Waals surface area contributed by atoms with Crippen molar-refractivity contribution in [2.75, 3.05) is 22.7 Å². The van der Waals surface area contributed by atoms with Crippen molar-refractivity contribution in [2.45, 2.75) is 12.8 Å². The normalized spacial score (nSPS) is 13.9. The first-order valence-corrected chi connectivity index (χ1v) is 9.78. The summed E-state index contributed by atoms with van der Waals surface area (Å²) in [7, 11) is -2.86. The third-order valence-corrected chi connectivity index (χ3v) is 4.80. The lowest BCUT2D eigenvalue weighted by atomic mass is 10.1. The molecule has 8 heteroatoms. The van der Waals surface area contributed by atoms with Crippen LogP contribution in [0.5, 0.6) is 11.5 Å². The number of nitrogens with one attached hydrogen (secondary N) is 1. The number of anilines is 2. The van der Waals surface area contributed by atoms with Gasteiger partial charge in [0.25, 0.3) is 0 Å². The second-order valence-corrected chi connectivity index (χ2v) is 7.37. The molecule has 0 aromatic heterocycles. The fraction of sp³-hybridized carbons (Fsp3) is 0.235. The van der Waals surface area contributed by atoms with Crippen molar-refractivity contribution in [3.05, 3.63) is 48.0 Å². The van der Waals surface area contributed by atoms with Gasteiger partial charge in [0.05, 0.1) is 11.4 Å². The number of thiocarbonyl (C=S) groups is 1. The number of ether oxygens (including phenoxy) is 1. The standard InChI is InChI=1S/C17H17ClN2O3S2/c18-17(24)12-10-14(19-25(21)22)16(23-13-6-2-1-3-7-13)15(11-12)20-8-4-5-9-20/h1-3,6-7,10-11,25H,4-5,8-9H2,(H,19,21,22). The number of hydrogen-bond acceptors (Lipinski definition) is 5. The predicted molar refractivity (Wildman–Crippen MR) is 106 cm³/mol. The minimum Gasteiger partial charge on any atom is -0.453 e. The van der Waals surface area contributed by atoms with Crippen LogP contribution in [0, 0.1) is 0 Å². The Bertz CT molecular complexity index is 842. The monoisotopic (exact) mass is 396 g/mol. The summed E-state index contributed by atoms with van der Waals surface area (Å²) in [4.78, 5) is 2.15. The van der Waals surface area contributed by atoms with Crippen LogP contribution in [0.4, 0.5) is 11.4 Å². The number of para-hydroxylation sites is 1. The highest BCUT2D eigenvalue weighted by atomic mass is 35.5. The first kappa shape index (κ1) is 18.0. The van der Waals surface area contributed by atoms with Crippen molar-refractivity contribution >= 4 is 50.4 Å². The number of halogens is 1. The van der Waals surface area contributed by atoms with E-state index in [9.17, 15) is 8.42 Å². The van der Waals surface area contributed by atoms with Gasteiger partial charge < -0.3 is 9.64 Å². The van der Waals surface area contributed by atoms with E-state index in [2.05, 4.69) is 9.62 Å². The number of benzene rings is 2. The van der Waals surface area contributed by atoms with Crippen molar-refractivity contribution in [3.63, 3.8) is 0 Å². The van der Waals surface area contributed by atoms with Crippen LogP contribution in [0.2, 0.25) is 0 Å². The van der Waals surface area contributed by atoms with Crippen molar-refractivity contribution in [2.24, 2.45) is 0 Å². The maximum Gasteiger partial charge on any atom is 0.222 e. The van der Waals surface area contributed by atoms with Gasteiger partial charge in [-0.3, -0.25) is 4.72 Å². The molecule has 1 fully saturated rings. The maximum atomic E-state index is 11.3. The molecule has 5 nitrogen and oxygen atoms in total. The molecule has 1 aliphatic rings. The molecular weight excluding hydrogens is 380 g/mol. The number of hydrogen-bond donors (Lipinski definition) is 2. The molecule has 132 valence electrons. The van der Waals surface area contributed by atoms with Crippen molar-refractivity contribution < 1.29 is 13.2 Å². The highest BCUT2D eigenvalue weighted by molar-refractivity contribution is 7.83. The molecule has 2 aromatic rings. The molecular formula is C17H17ClN2O3S2. The summed E-state index contributed by atoms with van der Waals surface area (Å²) in [5.41, 5.74) is 1.68. The smallest absolute Gasteiger partial charge is 0.222 e. The summed E-state index contributed by atoms with van der Waals surface area (Å²) in [5.74, 6) is 1.07. The summed E-state index contributed by atoms with van der Waals surface area (Å²) < 4.78 is 31.2. The minimum atomic E-state index is -2.86. The van der Waals surface area contributed by atoms with E-state index in [1.165, 1.54) is 0 Å². The zero-order chi connectivity index (χ0) is 17.8. The van der Waals surface area contributed by atoms with Crippen LogP contribution in [-0.2, 0) is 10.9 Å². The summed E-state index contributed by atoms with van der Waals surface area (Å²) in [6.07, 6.45) is 2.14. The number of rotatable bonds is 6. The number of nitrogens with zero attached hydrogens (tertiary/aromatic N) is 1. The zero-order valence-electron chi connectivity index (χ0n) is 13.3. The molecule has 0 aliphatic carbocycles. The Morgan fingerprint density at radius 1 is 1.16 bits per heavy atom. The minimum absolute atomic E-state index is 0.177. The van der Waals surface area contributed by atoms with Gasteiger partial charge in [0.2, 0.25) is 10.9 Å². The van der Waals surface area contributed by atoms with Crippen LogP contribution >= 0.6 is 23.8 Å². The summed E-state index contributed by atoms with van der Waals surface area (Å²) in [6.45, 7) is 1.74. The van der Waals surface area contributed by atoms with Crippen molar-refractivity contribution in [1.29, 1.82) is 0 Å². The Kier molecular flexibility index (Phi) is 5.78. The average Bonchev–Trinajstić information content (AvgIpc) is 3.11. The van der Waals surface area contributed by atoms with Crippen LogP contribution in [0.3, 0.4) is 0 Å². The summed E-state index contributed by atoms with van der Waals surface area (Å²) in [6, 6.07) is 12.7. The van der Waals surface area contributed by atoms with E-state index in [4.69, 9.17) is 28.6 Å². The van der Waals surface area contributed by atoms with E-state index < -0.39 is 10.9 Å². The fourth-order valence-corrected chi connectivity index (χ4v) is 3.40. The third-order valence-electron chi connectivity index (χ3n) is 3.92. The van der Waals surface area contributed by atoms with E-state index in [1.807, 2.05) is 36.4 Å². The van der Waals surface area contributed by atoms with Crippen molar-refractivity contribution in [1.82, 2.24) is 0 Å². The highest BCUT2D eigenvalue weighted by Gasteiger charge is 2.22. The van der Waals surface area contributed by atoms with Crippen LogP contribution in [0.1, 0.15) is 18.4 Å². The van der Waals surface area contributed by atoms with E-state index in [0.29, 0.717) is 22.7 Å². The first-order valence-electron chi connectivity index (χ1n) is 7.81. The second-order valence-electron chi connectivity index (χ2n) is 5.62. The van der Waals surface area contributed by atoms with Gasteiger partial charge in [-0.05, 0) is 37.1 Å². The lowest BCUT2D eigenvalue weighted by Crippen LogP contribution is -2.19. The average molecular weight is 397 g/mol. The SMILES string of the molecule is O=[SH](=O)Nc1cc(C(=S)Cl)cc(N2CCCC2)c1Oc1ccccc1. The topological polar surface area (TPSA) is 58.6 Å². The highest BCUT2D eigenvalue weighted by Crippen LogP contribution is 2.42. The Labute approximate surface area is 158 Å². The van der Waals surface area contributed by atoms with Gasteiger partial charge in [0.1, 0.15) is 10.1 Å². The lowest BCUT2D eigenvalue weighted by Gasteiger charge is -2.24. The van der Waals surface area contributed by atoms with Crippen LogP contribution in [0.15, 0.2) is 42.5 Å². The Balaban J connectivity index is 2.14. The van der Waals surface area contributed by atoms with E-state index >= 15 is 0 Å². The van der Waals surface area contributed by atoms with Gasteiger partial charge in [-0.15, -0.1) is 0 Å². The Morgan fingerprint density at radius 3 is 2.44 bits per heavy atom. The molecule has 1 heterocycles. The quantitative estimate of drug-likeness (QED) is 0.440. The maximum absolute atomic E-state index is 11.3. The second kappa shape index (κ2) is 8.03. The fourth-order valence-electron chi connectivity index (χ4n) is 2.81. The third kappa shape index (κ3) is 4.42. The lowest BCUT2D eigenvalue weighted by molar-refractivity contribution is 0.484. The van der Waals surface area contributed by atoms with E-state index in [0.717, 1.165) is 31.6 Å². The van der Waals surface area contributed by atoms with Crippen LogP contribution in [0.25, 0.3) is 0 Å². The Hall–Kier alpha value is -1.83. The van der Waals surface area contributed by atoms with Crippen molar-refractivity contribution in [3.8, 4) is 11.5 Å². The molecule has 1 saturated heterocycles. The predicted octanol–water partition coefficient (Wildman–Crippen LogP) is 3.93. The summed E-state index contributed by atoms with van der Waals surface area (Å²) in [5, 5.41) is 0. The molecule has 0 amide bonds. The van der Waals surface area contributed by atoms with Gasteiger partial charge in [-0.2, -0.15) is 0 Å². The molecule has 2 aromatic carbocycles. The molecule has 3 rings (SSSR count). The molecule has 0 saturated carbocycles. The van der Waals surface area contributed by atoms with Gasteiger partial charge in [-0.25, -0.2) is 8.42 Å². The molecule has 25 heavy (non-hydrogen) atoms. The largest absolute Gasteiger partial charge is 0.453 e. The van der Waals surface area contributed by atoms with Gasteiger partial charge in [-0.1, -0.05) is 42.0 Å². The molecule has 0 radical (unpaired) electrons. The van der Waals surface area contributed by atoms with Gasteiger partial charge in [0, 0.05) is 18.7 Å². The summed E-state index contributed by atoms with van der Waals surface area (Å²) >= 11 is 11.1. The molecule has 0 atom stereocenters. The molecule has 1 N–H and O–H groups in total. The van der Waals surface area contributed by atoms with Gasteiger partial charge >= 0.3 is 0 Å². The molecule has 0 bridgehead atoms. The van der Waals surface area contributed by atoms with Crippen LogP contribution < -0.4 is 14.4 Å². The van der Waals surface area contributed by atoms with E-state index in [1.54, 1.807) is 6.07 Å².